The predicted molar refractivity (Wildman–Crippen MR) is 152 cm³/mol. The minimum atomic E-state index is -1.41. The van der Waals surface area contributed by atoms with E-state index in [-0.39, 0.29) is 42.7 Å². The number of rotatable bonds is 6. The predicted octanol–water partition coefficient (Wildman–Crippen LogP) is 3.31. The number of furan rings is 1. The molecule has 3 saturated carbocycles. The van der Waals surface area contributed by atoms with Crippen molar-refractivity contribution in [2.75, 3.05) is 13.2 Å². The van der Waals surface area contributed by atoms with E-state index >= 15 is 0 Å². The highest BCUT2D eigenvalue weighted by Crippen LogP contribution is 2.82. The first kappa shape index (κ1) is 29.2. The molecule has 240 valence electrons. The fourth-order valence-electron chi connectivity index (χ4n) is 12.2. The van der Waals surface area contributed by atoms with Crippen LogP contribution in [0.25, 0.3) is 0 Å². The molecule has 2 bridgehead atoms. The molecule has 13 atom stereocenters. The molecule has 0 amide bonds. The molecule has 0 aromatic carbocycles. The van der Waals surface area contributed by atoms with Crippen LogP contribution >= 0.6 is 0 Å². The van der Waals surface area contributed by atoms with Gasteiger partial charge in [-0.15, -0.1) is 0 Å². The number of ether oxygens (including phenoxy) is 4. The number of esters is 2. The van der Waals surface area contributed by atoms with Crippen LogP contribution in [0.4, 0.5) is 0 Å². The summed E-state index contributed by atoms with van der Waals surface area (Å²) in [7, 11) is 0. The molecule has 8 rings (SSSR count). The van der Waals surface area contributed by atoms with Crippen LogP contribution in [0, 0.1) is 45.8 Å². The van der Waals surface area contributed by atoms with Crippen molar-refractivity contribution in [1.82, 2.24) is 0 Å². The van der Waals surface area contributed by atoms with Gasteiger partial charge in [-0.05, 0) is 63.4 Å². The smallest absolute Gasteiger partial charge is 0.339 e. The molecule has 4 saturated heterocycles. The van der Waals surface area contributed by atoms with Crippen LogP contribution in [0.2, 0.25) is 0 Å². The highest BCUT2D eigenvalue weighted by Gasteiger charge is 2.92. The summed E-state index contributed by atoms with van der Waals surface area (Å²) >= 11 is 0. The lowest BCUT2D eigenvalue weighted by Crippen LogP contribution is -2.77. The van der Waals surface area contributed by atoms with E-state index in [0.29, 0.717) is 31.4 Å². The maximum absolute atomic E-state index is 14.6. The third kappa shape index (κ3) is 3.10. The van der Waals surface area contributed by atoms with Gasteiger partial charge in [0, 0.05) is 34.8 Å². The van der Waals surface area contributed by atoms with Crippen molar-refractivity contribution < 1.29 is 48.0 Å². The van der Waals surface area contributed by atoms with Crippen molar-refractivity contribution in [2.45, 2.75) is 109 Å². The summed E-state index contributed by atoms with van der Waals surface area (Å²) in [6, 6.07) is 1.84. The van der Waals surface area contributed by atoms with E-state index in [1.165, 1.54) is 0 Å². The molecule has 1 aromatic heterocycles. The van der Waals surface area contributed by atoms with Gasteiger partial charge < -0.3 is 33.6 Å². The van der Waals surface area contributed by atoms with Gasteiger partial charge >= 0.3 is 11.9 Å². The number of hydrogen-bond acceptors (Lipinski definition) is 10. The summed E-state index contributed by atoms with van der Waals surface area (Å²) < 4.78 is 31.4. The van der Waals surface area contributed by atoms with Crippen molar-refractivity contribution in [3.8, 4) is 0 Å². The number of carbonyl (C=O) groups is 3. The number of epoxide rings is 1. The van der Waals surface area contributed by atoms with Gasteiger partial charge in [0.25, 0.3) is 0 Å². The minimum Gasteiger partial charge on any atom is -0.469 e. The number of aliphatic hydroxyl groups is 2. The first-order valence-electron chi connectivity index (χ1n) is 16.4. The molecule has 3 aliphatic carbocycles. The fourth-order valence-corrected chi connectivity index (χ4v) is 12.2. The summed E-state index contributed by atoms with van der Waals surface area (Å²) in [5, 5.41) is 22.4. The molecule has 2 spiro atoms. The van der Waals surface area contributed by atoms with Gasteiger partial charge in [-0.2, -0.15) is 0 Å². The summed E-state index contributed by atoms with van der Waals surface area (Å²) in [4.78, 5) is 41.6. The Kier molecular flexibility index (Phi) is 5.93. The standard InChI is InChI=1S/C34H44O10/c1-6-7-16(14-35)12-20-18(10-11-40-20)25-31(4)13-17-8-9-19-26-33(15-41-28(19)38)22(17)32(5,34(31)27(44-34)29(39)42-25)24(37)21(36)23(33)30(2,3)43-26/h10-11,16-17,19,22-27,35,37H,6-9,12-15H2,1-5H3/t16-,17-,19-,22-,23+,24+,25-,26-,27+,31-,32-,33+,34+/m0/s1. The molecule has 10 heteroatoms. The molecule has 10 nitrogen and oxygen atoms in total. The van der Waals surface area contributed by atoms with Gasteiger partial charge in [0.15, 0.2) is 11.9 Å². The van der Waals surface area contributed by atoms with E-state index in [1.807, 2.05) is 26.8 Å². The van der Waals surface area contributed by atoms with Crippen LogP contribution < -0.4 is 0 Å². The molecule has 7 aliphatic rings. The van der Waals surface area contributed by atoms with Gasteiger partial charge in [-0.1, -0.05) is 27.2 Å². The lowest BCUT2D eigenvalue weighted by molar-refractivity contribution is -0.266. The number of ketones is 1. The zero-order valence-electron chi connectivity index (χ0n) is 26.2. The first-order chi connectivity index (χ1) is 20.8. The van der Waals surface area contributed by atoms with E-state index < -0.39 is 69.7 Å². The number of aliphatic hydroxyl groups excluding tert-OH is 2. The third-order valence-corrected chi connectivity index (χ3v) is 13.5. The summed E-state index contributed by atoms with van der Waals surface area (Å²) in [5.74, 6) is -1.94. The van der Waals surface area contributed by atoms with E-state index in [1.54, 1.807) is 6.26 Å². The van der Waals surface area contributed by atoms with E-state index in [9.17, 15) is 24.6 Å². The summed E-state index contributed by atoms with van der Waals surface area (Å²) in [5.41, 5.74) is -4.19. The van der Waals surface area contributed by atoms with E-state index in [2.05, 4.69) is 13.8 Å². The lowest BCUT2D eigenvalue weighted by Gasteiger charge is -2.68. The average molecular weight is 613 g/mol. The van der Waals surface area contributed by atoms with Crippen molar-refractivity contribution in [3.63, 3.8) is 0 Å². The molecule has 7 fully saturated rings. The van der Waals surface area contributed by atoms with Crippen LogP contribution in [0.5, 0.6) is 0 Å². The average Bonchev–Trinajstić information content (AvgIpc) is 3.55. The maximum Gasteiger partial charge on any atom is 0.339 e. The van der Waals surface area contributed by atoms with Crippen LogP contribution in [0.15, 0.2) is 16.7 Å². The monoisotopic (exact) mass is 612 g/mol. The van der Waals surface area contributed by atoms with Crippen LogP contribution in [0.1, 0.15) is 84.2 Å². The van der Waals surface area contributed by atoms with Crippen molar-refractivity contribution >= 4 is 17.7 Å². The Morgan fingerprint density at radius 1 is 1.05 bits per heavy atom. The van der Waals surface area contributed by atoms with Gasteiger partial charge in [-0.3, -0.25) is 9.59 Å². The van der Waals surface area contributed by atoms with E-state index in [4.69, 9.17) is 23.4 Å². The van der Waals surface area contributed by atoms with Gasteiger partial charge in [-0.25, -0.2) is 4.79 Å². The van der Waals surface area contributed by atoms with Crippen LogP contribution in [-0.4, -0.2) is 70.7 Å². The van der Waals surface area contributed by atoms with Crippen molar-refractivity contribution in [1.29, 1.82) is 0 Å². The highest BCUT2D eigenvalue weighted by atomic mass is 16.7. The molecule has 4 aliphatic heterocycles. The maximum atomic E-state index is 14.6. The largest absolute Gasteiger partial charge is 0.469 e. The van der Waals surface area contributed by atoms with Gasteiger partial charge in [0.05, 0.1) is 29.8 Å². The normalized spacial score (nSPS) is 50.0. The molecule has 0 radical (unpaired) electrons. The lowest BCUT2D eigenvalue weighted by atomic mass is 9.34. The van der Waals surface area contributed by atoms with Crippen molar-refractivity contribution in [3.05, 3.63) is 23.7 Å². The Hall–Kier alpha value is -2.27. The Labute approximate surface area is 257 Å². The second-order valence-electron chi connectivity index (χ2n) is 15.8. The molecular formula is C34H44O10. The SMILES string of the molecule is CCC[C@H](CO)Cc1occc1[C@@H]1OC(=O)[C@H]2O[C@]23[C@]2(C)[C@H](O)C(=O)[C@@H]4C(C)(C)O[C@H]5[C@@H]6CC[C@@H](C[C@@]13C)[C@@H]2[C@]45COC6=O. The minimum absolute atomic E-state index is 0.000643. The number of hydrogen-bond donors (Lipinski definition) is 2. The second kappa shape index (κ2) is 8.96. The van der Waals surface area contributed by atoms with Gasteiger partial charge in [0.1, 0.15) is 30.2 Å². The summed E-state index contributed by atoms with van der Waals surface area (Å²) in [6.07, 6.45) is 2.09. The number of cyclic esters (lactones) is 2. The fraction of sp³-hybridized carbons (Fsp3) is 0.794. The zero-order valence-corrected chi connectivity index (χ0v) is 26.2. The molecule has 44 heavy (non-hydrogen) atoms. The topological polar surface area (TPSA) is 145 Å². The molecule has 5 heterocycles. The van der Waals surface area contributed by atoms with Gasteiger partial charge in [0.2, 0.25) is 0 Å². The van der Waals surface area contributed by atoms with Crippen LogP contribution in [0.3, 0.4) is 0 Å². The molecule has 2 N–H and O–H groups in total. The third-order valence-electron chi connectivity index (χ3n) is 13.5. The molecule has 0 unspecified atom stereocenters. The molecular weight excluding hydrogens is 568 g/mol. The zero-order chi connectivity index (χ0) is 31.2. The van der Waals surface area contributed by atoms with Crippen LogP contribution in [-0.2, 0) is 39.8 Å². The number of Topliss-reactive ketones (excluding diaryl/α,β-unsaturated/α-hetero) is 1. The quantitative estimate of drug-likeness (QED) is 0.363. The second-order valence-corrected chi connectivity index (χ2v) is 15.8. The number of carbonyl (C=O) groups excluding carboxylic acids is 3. The Balaban J connectivity index is 1.31. The Morgan fingerprint density at radius 2 is 1.82 bits per heavy atom. The Bertz CT molecular complexity index is 1430. The first-order valence-corrected chi connectivity index (χ1v) is 16.4. The molecule has 1 aromatic rings. The van der Waals surface area contributed by atoms with Crippen molar-refractivity contribution in [2.24, 2.45) is 45.8 Å². The Morgan fingerprint density at radius 3 is 2.55 bits per heavy atom. The summed E-state index contributed by atoms with van der Waals surface area (Å²) in [6.45, 7) is 9.92. The van der Waals surface area contributed by atoms with E-state index in [0.717, 1.165) is 18.4 Å². The highest BCUT2D eigenvalue weighted by molar-refractivity contribution is 5.92.